The fourth-order valence-electron chi connectivity index (χ4n) is 5.05. The van der Waals surface area contributed by atoms with Gasteiger partial charge in [-0.1, -0.05) is 0 Å². The van der Waals surface area contributed by atoms with Crippen LogP contribution in [0.4, 0.5) is 4.39 Å². The molecule has 3 aromatic rings. The largest absolute Gasteiger partial charge is 0.330 e. The number of imidazole rings is 1. The van der Waals surface area contributed by atoms with Crippen LogP contribution in [0.1, 0.15) is 54.8 Å². The Kier molecular flexibility index (Phi) is 5.95. The number of pyridine rings is 1. The second kappa shape index (κ2) is 9.20. The fourth-order valence-corrected chi connectivity index (χ4v) is 5.05. The zero-order chi connectivity index (χ0) is 23.7. The number of benzene rings is 1. The Bertz CT molecular complexity index is 1320. The van der Waals surface area contributed by atoms with Crippen molar-refractivity contribution in [2.75, 3.05) is 6.61 Å². The number of carbonyl (C=O) groups is 1. The van der Waals surface area contributed by atoms with Crippen LogP contribution >= 0.6 is 0 Å². The van der Waals surface area contributed by atoms with Crippen LogP contribution in [0, 0.1) is 40.3 Å². The monoisotopic (exact) mass is 458 g/mol. The van der Waals surface area contributed by atoms with Gasteiger partial charge in [-0.3, -0.25) is 14.6 Å². The van der Waals surface area contributed by atoms with Gasteiger partial charge in [0.2, 0.25) is 5.91 Å². The number of hydroxylamine groups is 2. The van der Waals surface area contributed by atoms with Crippen LogP contribution in [0.5, 0.6) is 0 Å². The van der Waals surface area contributed by atoms with Crippen molar-refractivity contribution in [1.82, 2.24) is 19.6 Å². The zero-order valence-electron chi connectivity index (χ0n) is 18.5. The van der Waals surface area contributed by atoms with Crippen LogP contribution in [-0.2, 0) is 16.2 Å². The number of carbonyl (C=O) groups excluding carboxylic acids is 1. The molecule has 0 bridgehead atoms. The van der Waals surface area contributed by atoms with Crippen molar-refractivity contribution in [3.63, 3.8) is 0 Å². The summed E-state index contributed by atoms with van der Waals surface area (Å²) in [5, 5.41) is 19.8. The van der Waals surface area contributed by atoms with Gasteiger partial charge < -0.3 is 4.57 Å². The quantitative estimate of drug-likeness (QED) is 0.584. The molecular formula is C25H23FN6O2. The predicted molar refractivity (Wildman–Crippen MR) is 119 cm³/mol. The van der Waals surface area contributed by atoms with Gasteiger partial charge in [0.1, 0.15) is 18.0 Å². The van der Waals surface area contributed by atoms with E-state index in [1.165, 1.54) is 17.3 Å². The third kappa shape index (κ3) is 4.11. The third-order valence-electron chi connectivity index (χ3n) is 6.88. The maximum atomic E-state index is 13.9. The molecule has 1 aromatic carbocycles. The first-order valence-corrected chi connectivity index (χ1v) is 11.4. The maximum absolute atomic E-state index is 13.9. The molecule has 34 heavy (non-hydrogen) atoms. The number of halogens is 1. The summed E-state index contributed by atoms with van der Waals surface area (Å²) in [7, 11) is 0. The lowest BCUT2D eigenvalue weighted by Gasteiger charge is -2.32. The van der Waals surface area contributed by atoms with E-state index < -0.39 is 5.82 Å². The minimum absolute atomic E-state index is 0.00877. The number of fused-ring (bicyclic) bond motifs is 1. The molecule has 172 valence electrons. The molecule has 9 heteroatoms. The molecule has 1 saturated carbocycles. The van der Waals surface area contributed by atoms with E-state index in [1.807, 2.05) is 10.6 Å². The second-order valence-corrected chi connectivity index (χ2v) is 8.97. The molecule has 1 saturated heterocycles. The van der Waals surface area contributed by atoms with Gasteiger partial charge in [-0.05, 0) is 49.3 Å². The number of rotatable bonds is 4. The molecule has 8 nitrogen and oxygen atoms in total. The lowest BCUT2D eigenvalue weighted by atomic mass is 9.81. The number of amides is 1. The van der Waals surface area contributed by atoms with Crippen molar-refractivity contribution >= 4 is 16.9 Å². The Hall–Kier alpha value is -3.82. The Balaban J connectivity index is 1.23. The molecule has 0 unspecified atom stereocenters. The van der Waals surface area contributed by atoms with Crippen LogP contribution in [0.2, 0.25) is 0 Å². The molecule has 5 rings (SSSR count). The number of hydrogen-bond acceptors (Lipinski definition) is 6. The van der Waals surface area contributed by atoms with Crippen LogP contribution < -0.4 is 0 Å². The molecule has 2 fully saturated rings. The minimum Gasteiger partial charge on any atom is -0.330 e. The number of nitrogens with zero attached hydrogens (tertiary/aromatic N) is 6. The Labute approximate surface area is 196 Å². The molecule has 0 radical (unpaired) electrons. The van der Waals surface area contributed by atoms with Gasteiger partial charge in [0.05, 0.1) is 41.1 Å². The van der Waals surface area contributed by atoms with E-state index in [4.69, 9.17) is 15.4 Å². The highest BCUT2D eigenvalue weighted by molar-refractivity contribution is 5.79. The molecule has 1 amide bonds. The van der Waals surface area contributed by atoms with Crippen LogP contribution in [-0.4, -0.2) is 32.1 Å². The number of nitriles is 2. The smallest absolute Gasteiger partial charge is 0.249 e. The summed E-state index contributed by atoms with van der Waals surface area (Å²) in [5.41, 5.74) is 2.58. The summed E-state index contributed by atoms with van der Waals surface area (Å²) in [6.07, 6.45) is 8.85. The highest BCUT2D eigenvalue weighted by Crippen LogP contribution is 2.37. The van der Waals surface area contributed by atoms with Gasteiger partial charge in [0.25, 0.3) is 0 Å². The van der Waals surface area contributed by atoms with Crippen molar-refractivity contribution < 1.29 is 14.0 Å². The molecule has 1 aliphatic heterocycles. The van der Waals surface area contributed by atoms with Crippen LogP contribution in [0.25, 0.3) is 11.0 Å². The third-order valence-corrected chi connectivity index (χ3v) is 6.88. The van der Waals surface area contributed by atoms with E-state index in [9.17, 15) is 9.18 Å². The van der Waals surface area contributed by atoms with E-state index in [-0.39, 0.29) is 23.4 Å². The standard InChI is InChI=1S/C25H23FN6O2/c26-21-9-22-24(8-19(21)11-28)31(15-30-22)14-16-1-3-18(4-2-16)25(33)32-23(5-6-34-32)20-7-17(10-27)12-29-13-20/h7-9,12-13,15-16,18,23H,1-6,14H2/t16?,18?,23-/m0/s1. The van der Waals surface area contributed by atoms with Crippen molar-refractivity contribution in [1.29, 1.82) is 10.5 Å². The summed E-state index contributed by atoms with van der Waals surface area (Å²) in [6.45, 7) is 1.17. The maximum Gasteiger partial charge on any atom is 0.249 e. The number of hydrogen-bond donors (Lipinski definition) is 0. The molecule has 2 aromatic heterocycles. The molecule has 0 N–H and O–H groups in total. The van der Waals surface area contributed by atoms with Gasteiger partial charge in [-0.25, -0.2) is 14.4 Å². The van der Waals surface area contributed by atoms with Gasteiger partial charge >= 0.3 is 0 Å². The molecular weight excluding hydrogens is 435 g/mol. The highest BCUT2D eigenvalue weighted by atomic mass is 19.1. The van der Waals surface area contributed by atoms with Gasteiger partial charge in [-0.2, -0.15) is 10.5 Å². The van der Waals surface area contributed by atoms with E-state index >= 15 is 0 Å². The van der Waals surface area contributed by atoms with Crippen molar-refractivity contribution in [3.8, 4) is 12.1 Å². The van der Waals surface area contributed by atoms with Crippen molar-refractivity contribution in [2.45, 2.75) is 44.7 Å². The van der Waals surface area contributed by atoms with Gasteiger partial charge in [0, 0.05) is 37.3 Å². The Morgan fingerprint density at radius 3 is 2.71 bits per heavy atom. The topological polar surface area (TPSA) is 108 Å². The normalized spacial score (nSPS) is 22.4. The van der Waals surface area contributed by atoms with Gasteiger partial charge in [0.15, 0.2) is 0 Å². The predicted octanol–water partition coefficient (Wildman–Crippen LogP) is 4.03. The van der Waals surface area contributed by atoms with Crippen LogP contribution in [0.15, 0.2) is 36.9 Å². The summed E-state index contributed by atoms with van der Waals surface area (Å²) in [5.74, 6) is -0.311. The molecule has 0 spiro atoms. The van der Waals surface area contributed by atoms with E-state index in [0.717, 1.165) is 36.8 Å². The Morgan fingerprint density at radius 1 is 1.12 bits per heavy atom. The summed E-state index contributed by atoms with van der Waals surface area (Å²) < 4.78 is 15.8. The summed E-state index contributed by atoms with van der Waals surface area (Å²) >= 11 is 0. The average Bonchev–Trinajstić information content (AvgIpc) is 3.51. The van der Waals surface area contributed by atoms with Crippen molar-refractivity contribution in [3.05, 3.63) is 59.4 Å². The highest BCUT2D eigenvalue weighted by Gasteiger charge is 2.37. The molecule has 1 atom stereocenters. The zero-order valence-corrected chi connectivity index (χ0v) is 18.5. The number of aromatic nitrogens is 3. The van der Waals surface area contributed by atoms with Gasteiger partial charge in [-0.15, -0.1) is 0 Å². The van der Waals surface area contributed by atoms with E-state index in [2.05, 4.69) is 16.0 Å². The summed E-state index contributed by atoms with van der Waals surface area (Å²) in [4.78, 5) is 27.4. The average molecular weight is 458 g/mol. The second-order valence-electron chi connectivity index (χ2n) is 8.97. The molecule has 3 heterocycles. The first-order valence-electron chi connectivity index (χ1n) is 11.4. The fraction of sp³-hybridized carbons (Fsp3) is 0.400. The van der Waals surface area contributed by atoms with E-state index in [1.54, 1.807) is 24.7 Å². The SMILES string of the molecule is N#Cc1cncc([C@@H]2CCON2C(=O)C2CCC(Cn3cnc4cc(F)c(C#N)cc43)CC2)c1. The first kappa shape index (κ1) is 22.0. The summed E-state index contributed by atoms with van der Waals surface area (Å²) in [6, 6.07) is 8.37. The Morgan fingerprint density at radius 2 is 1.94 bits per heavy atom. The molecule has 2 aliphatic rings. The van der Waals surface area contributed by atoms with Crippen molar-refractivity contribution in [2.24, 2.45) is 11.8 Å². The molecule has 1 aliphatic carbocycles. The minimum atomic E-state index is -0.558. The van der Waals surface area contributed by atoms with E-state index in [0.29, 0.717) is 36.6 Å². The first-order chi connectivity index (χ1) is 16.6. The lowest BCUT2D eigenvalue weighted by Crippen LogP contribution is -2.37. The van der Waals surface area contributed by atoms with Crippen LogP contribution in [0.3, 0.4) is 0 Å². The lowest BCUT2D eigenvalue weighted by molar-refractivity contribution is -0.183.